The van der Waals surface area contributed by atoms with Gasteiger partial charge in [-0.2, -0.15) is 18.2 Å². The predicted molar refractivity (Wildman–Crippen MR) is 33.9 cm³/mol. The van der Waals surface area contributed by atoms with Crippen LogP contribution in [0, 0.1) is 0 Å². The third-order valence-corrected chi connectivity index (χ3v) is 1.24. The largest absolute Gasteiger partial charge is 0.471 e. The Balaban J connectivity index is 2.93. The molecule has 13 heavy (non-hydrogen) atoms. The van der Waals surface area contributed by atoms with Crippen molar-refractivity contribution in [1.82, 2.24) is 10.1 Å². The van der Waals surface area contributed by atoms with Gasteiger partial charge in [0.1, 0.15) is 0 Å². The lowest BCUT2D eigenvalue weighted by Gasteiger charge is -1.95. The average molecular weight is 194 g/mol. The lowest BCUT2D eigenvalue weighted by molar-refractivity contribution is -0.159. The molecule has 1 rings (SSSR count). The summed E-state index contributed by atoms with van der Waals surface area (Å²) in [5.74, 6) is -2.61. The fraction of sp³-hybridized carbons (Fsp3) is 0.500. The Hall–Kier alpha value is -1.40. The second kappa shape index (κ2) is 3.15. The molecule has 0 aliphatic heterocycles. The Morgan fingerprint density at radius 1 is 1.54 bits per heavy atom. The van der Waals surface area contributed by atoms with Gasteiger partial charge in [-0.1, -0.05) is 12.1 Å². The first kappa shape index (κ1) is 9.69. The summed E-state index contributed by atoms with van der Waals surface area (Å²) in [5, 5.41) is 2.90. The molecule has 7 heteroatoms. The van der Waals surface area contributed by atoms with E-state index in [1.165, 1.54) is 6.92 Å². The molecule has 0 atom stereocenters. The number of nitrogens with zero attached hydrogens (tertiary/aromatic N) is 2. The molecule has 0 amide bonds. The lowest BCUT2D eigenvalue weighted by Crippen LogP contribution is -2.06. The van der Waals surface area contributed by atoms with Crippen LogP contribution in [0.4, 0.5) is 13.2 Å². The van der Waals surface area contributed by atoms with Crippen molar-refractivity contribution >= 4 is 5.78 Å². The zero-order valence-corrected chi connectivity index (χ0v) is 6.55. The molecule has 72 valence electrons. The summed E-state index contributed by atoms with van der Waals surface area (Å²) in [5.41, 5.74) is 0. The minimum absolute atomic E-state index is 0.0385. The molecule has 1 aromatic heterocycles. The molecule has 0 saturated carbocycles. The Bertz CT molecular complexity index is 318. The summed E-state index contributed by atoms with van der Waals surface area (Å²) in [4.78, 5) is 13.7. The van der Waals surface area contributed by atoms with Gasteiger partial charge in [0.2, 0.25) is 11.6 Å². The summed E-state index contributed by atoms with van der Waals surface area (Å²) in [6, 6.07) is 0. The monoisotopic (exact) mass is 194 g/mol. The van der Waals surface area contributed by atoms with E-state index in [0.717, 1.165) is 0 Å². The smallest absolute Gasteiger partial charge is 0.329 e. The van der Waals surface area contributed by atoms with Crippen molar-refractivity contribution in [2.75, 3.05) is 0 Å². The van der Waals surface area contributed by atoms with Gasteiger partial charge in [0, 0.05) is 6.42 Å². The molecule has 0 saturated heterocycles. The van der Waals surface area contributed by atoms with Crippen LogP contribution in [0.15, 0.2) is 4.52 Å². The molecular formula is C6H5F3N2O2. The van der Waals surface area contributed by atoms with Crippen molar-refractivity contribution < 1.29 is 22.5 Å². The van der Waals surface area contributed by atoms with Crippen molar-refractivity contribution in [2.24, 2.45) is 0 Å². The van der Waals surface area contributed by atoms with Crippen LogP contribution in [0.25, 0.3) is 0 Å². The first-order valence-electron chi connectivity index (χ1n) is 3.39. The minimum Gasteiger partial charge on any atom is -0.329 e. The number of hydrogen-bond acceptors (Lipinski definition) is 4. The van der Waals surface area contributed by atoms with E-state index in [1.807, 2.05) is 0 Å². The Kier molecular flexibility index (Phi) is 2.35. The summed E-state index contributed by atoms with van der Waals surface area (Å²) < 4.78 is 39.4. The van der Waals surface area contributed by atoms with Crippen LogP contribution >= 0.6 is 0 Å². The number of alkyl halides is 3. The van der Waals surface area contributed by atoms with Gasteiger partial charge in [-0.05, 0) is 0 Å². The number of carbonyl (C=O) groups excluding carboxylic acids is 1. The van der Waals surface area contributed by atoms with Gasteiger partial charge >= 0.3 is 12.1 Å². The molecule has 1 heterocycles. The zero-order valence-electron chi connectivity index (χ0n) is 6.55. The minimum atomic E-state index is -4.70. The van der Waals surface area contributed by atoms with Crippen molar-refractivity contribution in [3.8, 4) is 0 Å². The highest BCUT2D eigenvalue weighted by Gasteiger charge is 2.38. The number of hydrogen-bond donors (Lipinski definition) is 0. The highest BCUT2D eigenvalue weighted by molar-refractivity contribution is 5.91. The first-order chi connectivity index (χ1) is 5.95. The van der Waals surface area contributed by atoms with Gasteiger partial charge in [-0.3, -0.25) is 4.79 Å². The zero-order chi connectivity index (χ0) is 10.1. The van der Waals surface area contributed by atoms with Gasteiger partial charge in [0.05, 0.1) is 0 Å². The molecule has 0 aromatic carbocycles. The SMILES string of the molecule is CCC(=O)c1noc(C(F)(F)F)n1. The molecule has 0 aliphatic rings. The van der Waals surface area contributed by atoms with Crippen LogP contribution in [0.5, 0.6) is 0 Å². The lowest BCUT2D eigenvalue weighted by atomic mass is 10.3. The second-order valence-electron chi connectivity index (χ2n) is 2.20. The standard InChI is InChI=1S/C6H5F3N2O2/c1-2-3(12)4-10-5(13-11-4)6(7,8)9/h2H2,1H3. The molecular weight excluding hydrogens is 189 g/mol. The van der Waals surface area contributed by atoms with Gasteiger partial charge in [-0.15, -0.1) is 0 Å². The summed E-state index contributed by atoms with van der Waals surface area (Å²) in [6.45, 7) is 1.49. The average Bonchev–Trinajstić information content (AvgIpc) is 2.50. The maximum atomic E-state index is 11.9. The Labute approximate surface area is 70.7 Å². The molecule has 0 fully saturated rings. The highest BCUT2D eigenvalue weighted by atomic mass is 19.4. The van der Waals surface area contributed by atoms with Gasteiger partial charge in [0.25, 0.3) is 0 Å². The number of aromatic nitrogens is 2. The normalized spacial score (nSPS) is 11.7. The maximum Gasteiger partial charge on any atom is 0.471 e. The molecule has 0 spiro atoms. The van der Waals surface area contributed by atoms with E-state index in [1.54, 1.807) is 0 Å². The van der Waals surface area contributed by atoms with Gasteiger partial charge < -0.3 is 4.52 Å². The van der Waals surface area contributed by atoms with Gasteiger partial charge in [0.15, 0.2) is 0 Å². The number of ketones is 1. The highest BCUT2D eigenvalue weighted by Crippen LogP contribution is 2.27. The predicted octanol–water partition coefficient (Wildman–Crippen LogP) is 1.68. The Morgan fingerprint density at radius 2 is 2.15 bits per heavy atom. The van der Waals surface area contributed by atoms with Crippen LogP contribution in [-0.2, 0) is 6.18 Å². The van der Waals surface area contributed by atoms with Crippen molar-refractivity contribution in [2.45, 2.75) is 19.5 Å². The fourth-order valence-electron chi connectivity index (χ4n) is 0.610. The third-order valence-electron chi connectivity index (χ3n) is 1.24. The van der Waals surface area contributed by atoms with E-state index in [-0.39, 0.29) is 6.42 Å². The Morgan fingerprint density at radius 3 is 2.54 bits per heavy atom. The van der Waals surface area contributed by atoms with Crippen molar-refractivity contribution in [3.63, 3.8) is 0 Å². The topological polar surface area (TPSA) is 56.0 Å². The molecule has 1 aromatic rings. The summed E-state index contributed by atoms with van der Waals surface area (Å²) in [7, 11) is 0. The summed E-state index contributed by atoms with van der Waals surface area (Å²) in [6.07, 6.45) is -4.66. The molecule has 4 nitrogen and oxygen atoms in total. The number of halogens is 3. The summed E-state index contributed by atoms with van der Waals surface area (Å²) >= 11 is 0. The second-order valence-corrected chi connectivity index (χ2v) is 2.20. The van der Waals surface area contributed by atoms with Crippen LogP contribution in [-0.4, -0.2) is 15.9 Å². The van der Waals surface area contributed by atoms with Crippen LogP contribution < -0.4 is 0 Å². The number of carbonyl (C=O) groups is 1. The molecule has 0 N–H and O–H groups in total. The number of Topliss-reactive ketones (excluding diaryl/α,β-unsaturated/α-hetero) is 1. The van der Waals surface area contributed by atoms with E-state index in [9.17, 15) is 18.0 Å². The number of rotatable bonds is 2. The van der Waals surface area contributed by atoms with E-state index >= 15 is 0 Å². The van der Waals surface area contributed by atoms with Crippen LogP contribution in [0.3, 0.4) is 0 Å². The van der Waals surface area contributed by atoms with E-state index < -0.39 is 23.7 Å². The first-order valence-corrected chi connectivity index (χ1v) is 3.39. The quantitative estimate of drug-likeness (QED) is 0.672. The van der Waals surface area contributed by atoms with Crippen LogP contribution in [0.1, 0.15) is 29.9 Å². The van der Waals surface area contributed by atoms with Crippen molar-refractivity contribution in [3.05, 3.63) is 11.7 Å². The molecule has 0 bridgehead atoms. The van der Waals surface area contributed by atoms with Gasteiger partial charge in [-0.25, -0.2) is 0 Å². The molecule has 0 unspecified atom stereocenters. The van der Waals surface area contributed by atoms with E-state index in [4.69, 9.17) is 0 Å². The molecule has 0 aliphatic carbocycles. The van der Waals surface area contributed by atoms with Crippen molar-refractivity contribution in [1.29, 1.82) is 0 Å². The fourth-order valence-corrected chi connectivity index (χ4v) is 0.610. The maximum absolute atomic E-state index is 11.9. The molecule has 0 radical (unpaired) electrons. The van der Waals surface area contributed by atoms with E-state index in [0.29, 0.717) is 0 Å². The third kappa shape index (κ3) is 2.04. The van der Waals surface area contributed by atoms with Crippen LogP contribution in [0.2, 0.25) is 0 Å². The van der Waals surface area contributed by atoms with E-state index in [2.05, 4.69) is 14.7 Å².